The third-order valence-electron chi connectivity index (χ3n) is 7.93. The van der Waals surface area contributed by atoms with Crippen molar-refractivity contribution < 1.29 is 18.3 Å². The molecule has 224 valence electrons. The van der Waals surface area contributed by atoms with E-state index < -0.39 is 0 Å². The Bertz CT molecular complexity index is 1740. The first kappa shape index (κ1) is 27.1. The molecule has 0 aliphatic carbocycles. The number of anilines is 2. The van der Waals surface area contributed by atoms with Gasteiger partial charge in [0.15, 0.2) is 23.7 Å². The number of carbonyl (C=O) groups is 1. The molecule has 5 aromatic rings. The van der Waals surface area contributed by atoms with E-state index in [1.165, 1.54) is 10.6 Å². The summed E-state index contributed by atoms with van der Waals surface area (Å²) < 4.78 is 29.4. The predicted octanol–water partition coefficient (Wildman–Crippen LogP) is 1.09. The van der Waals surface area contributed by atoms with Crippen LogP contribution in [-0.2, 0) is 11.3 Å². The van der Waals surface area contributed by atoms with Gasteiger partial charge in [0.1, 0.15) is 11.6 Å². The Labute approximate surface area is 245 Å². The second kappa shape index (κ2) is 11.5. The molecule has 1 aromatic carbocycles. The summed E-state index contributed by atoms with van der Waals surface area (Å²) in [7, 11) is 0. The van der Waals surface area contributed by atoms with Gasteiger partial charge in [0.25, 0.3) is 5.91 Å². The van der Waals surface area contributed by atoms with Gasteiger partial charge in [0, 0.05) is 65.0 Å². The molecule has 43 heavy (non-hydrogen) atoms. The SMILES string of the molecule is Nc1nc2c(cnn2CCN2CCN(c3ccc(OCC(=O)N4CCNCC4)cc3F)CC2)c2nc(-c3ccco3)nn12. The molecule has 1 amide bonds. The van der Waals surface area contributed by atoms with Crippen molar-refractivity contribution in [3.8, 4) is 17.3 Å². The van der Waals surface area contributed by atoms with Crippen molar-refractivity contribution in [2.75, 3.05) is 76.1 Å². The monoisotopic (exact) mass is 589 g/mol. The van der Waals surface area contributed by atoms with Gasteiger partial charge < -0.3 is 30.0 Å². The van der Waals surface area contributed by atoms with Gasteiger partial charge in [-0.2, -0.15) is 14.6 Å². The van der Waals surface area contributed by atoms with Crippen LogP contribution in [-0.4, -0.2) is 111 Å². The zero-order valence-corrected chi connectivity index (χ0v) is 23.5. The Kier molecular flexibility index (Phi) is 7.24. The van der Waals surface area contributed by atoms with Gasteiger partial charge in [-0.3, -0.25) is 9.69 Å². The number of rotatable bonds is 8. The normalized spacial score (nSPS) is 16.4. The minimum absolute atomic E-state index is 0.0875. The molecule has 2 aliphatic heterocycles. The molecule has 2 fully saturated rings. The van der Waals surface area contributed by atoms with E-state index in [0.717, 1.165) is 38.1 Å². The second-order valence-corrected chi connectivity index (χ2v) is 10.6. The average Bonchev–Trinajstić information content (AvgIpc) is 3.80. The summed E-state index contributed by atoms with van der Waals surface area (Å²) in [6.45, 7) is 7.03. The topological polar surface area (TPSA) is 148 Å². The minimum Gasteiger partial charge on any atom is -0.484 e. The van der Waals surface area contributed by atoms with E-state index in [9.17, 15) is 4.79 Å². The lowest BCUT2D eigenvalue weighted by molar-refractivity contribution is -0.133. The molecule has 0 spiro atoms. The van der Waals surface area contributed by atoms with Gasteiger partial charge in [-0.25, -0.2) is 14.1 Å². The number of furan rings is 1. The van der Waals surface area contributed by atoms with E-state index in [2.05, 4.69) is 30.4 Å². The van der Waals surface area contributed by atoms with Crippen molar-refractivity contribution in [3.05, 3.63) is 48.6 Å². The van der Waals surface area contributed by atoms with Gasteiger partial charge in [-0.1, -0.05) is 0 Å². The van der Waals surface area contributed by atoms with Crippen LogP contribution in [0.3, 0.4) is 0 Å². The number of hydrogen-bond donors (Lipinski definition) is 2. The second-order valence-electron chi connectivity index (χ2n) is 10.6. The summed E-state index contributed by atoms with van der Waals surface area (Å²) in [5, 5.41) is 12.9. The number of amides is 1. The molecule has 2 saturated heterocycles. The Morgan fingerprint density at radius 2 is 1.88 bits per heavy atom. The molecule has 0 atom stereocenters. The van der Waals surface area contributed by atoms with Crippen molar-refractivity contribution >= 4 is 34.2 Å². The Morgan fingerprint density at radius 3 is 2.65 bits per heavy atom. The maximum absolute atomic E-state index is 15.0. The highest BCUT2D eigenvalue weighted by Gasteiger charge is 2.22. The van der Waals surface area contributed by atoms with Crippen LogP contribution in [0.2, 0.25) is 0 Å². The fraction of sp³-hybridized carbons (Fsp3) is 0.393. The lowest BCUT2D eigenvalue weighted by Crippen LogP contribution is -2.48. The zero-order chi connectivity index (χ0) is 29.3. The molecule has 0 saturated carbocycles. The number of hydrogen-bond acceptors (Lipinski definition) is 11. The van der Waals surface area contributed by atoms with E-state index in [1.54, 1.807) is 41.6 Å². The number of nitrogens with one attached hydrogen (secondary N) is 1. The maximum Gasteiger partial charge on any atom is 0.260 e. The fourth-order valence-electron chi connectivity index (χ4n) is 5.56. The van der Waals surface area contributed by atoms with Crippen LogP contribution in [0, 0.1) is 5.82 Å². The molecular weight excluding hydrogens is 557 g/mol. The number of fused-ring (bicyclic) bond motifs is 3. The highest BCUT2D eigenvalue weighted by Crippen LogP contribution is 2.26. The van der Waals surface area contributed by atoms with Crippen LogP contribution in [0.5, 0.6) is 5.75 Å². The molecule has 6 heterocycles. The molecule has 0 radical (unpaired) electrons. The van der Waals surface area contributed by atoms with Gasteiger partial charge in [0.2, 0.25) is 11.8 Å². The molecule has 2 aliphatic rings. The van der Waals surface area contributed by atoms with Gasteiger partial charge >= 0.3 is 0 Å². The van der Waals surface area contributed by atoms with Crippen molar-refractivity contribution in [1.29, 1.82) is 0 Å². The Hall–Kier alpha value is -4.76. The number of aromatic nitrogens is 6. The summed E-state index contributed by atoms with van der Waals surface area (Å²) >= 11 is 0. The molecule has 0 unspecified atom stereocenters. The number of ether oxygens (including phenoxy) is 1. The van der Waals surface area contributed by atoms with Crippen LogP contribution in [0.1, 0.15) is 0 Å². The van der Waals surface area contributed by atoms with Gasteiger partial charge in [-0.15, -0.1) is 5.10 Å². The van der Waals surface area contributed by atoms with Crippen LogP contribution < -0.4 is 20.7 Å². The van der Waals surface area contributed by atoms with Crippen molar-refractivity contribution in [2.45, 2.75) is 6.54 Å². The summed E-state index contributed by atoms with van der Waals surface area (Å²) in [5.74, 6) is 1.09. The Morgan fingerprint density at radius 1 is 1.05 bits per heavy atom. The van der Waals surface area contributed by atoms with Crippen LogP contribution in [0.4, 0.5) is 16.0 Å². The number of nitrogen functional groups attached to an aromatic ring is 1. The highest BCUT2D eigenvalue weighted by molar-refractivity contribution is 5.90. The summed E-state index contributed by atoms with van der Waals surface area (Å²) in [5.41, 5.74) is 7.95. The minimum atomic E-state index is -0.359. The predicted molar refractivity (Wildman–Crippen MR) is 156 cm³/mol. The molecule has 7 rings (SSSR count). The molecule has 15 heteroatoms. The zero-order valence-electron chi connectivity index (χ0n) is 23.5. The number of nitrogens with two attached hydrogens (primary N) is 1. The van der Waals surface area contributed by atoms with E-state index in [-0.39, 0.29) is 24.3 Å². The van der Waals surface area contributed by atoms with E-state index in [0.29, 0.717) is 67.0 Å². The number of carbonyl (C=O) groups excluding carboxylic acids is 1. The average molecular weight is 590 g/mol. The summed E-state index contributed by atoms with van der Waals surface area (Å²) in [6, 6.07) is 8.37. The quantitative estimate of drug-likeness (QED) is 0.268. The first-order chi connectivity index (χ1) is 21.0. The van der Waals surface area contributed by atoms with Gasteiger partial charge in [-0.05, 0) is 24.3 Å². The maximum atomic E-state index is 15.0. The smallest absolute Gasteiger partial charge is 0.260 e. The number of nitrogens with zero attached hydrogens (tertiary/aromatic N) is 9. The van der Waals surface area contributed by atoms with Crippen LogP contribution in [0.25, 0.3) is 28.3 Å². The van der Waals surface area contributed by atoms with E-state index >= 15 is 4.39 Å². The highest BCUT2D eigenvalue weighted by atomic mass is 19.1. The lowest BCUT2D eigenvalue weighted by atomic mass is 10.2. The van der Waals surface area contributed by atoms with E-state index in [1.807, 2.05) is 9.58 Å². The molecule has 0 bridgehead atoms. The van der Waals surface area contributed by atoms with Gasteiger partial charge in [0.05, 0.1) is 30.1 Å². The van der Waals surface area contributed by atoms with E-state index in [4.69, 9.17) is 14.9 Å². The third-order valence-corrected chi connectivity index (χ3v) is 7.93. The van der Waals surface area contributed by atoms with Crippen LogP contribution >= 0.6 is 0 Å². The van der Waals surface area contributed by atoms with Crippen molar-refractivity contribution in [3.63, 3.8) is 0 Å². The summed E-state index contributed by atoms with van der Waals surface area (Å²) in [4.78, 5) is 27.6. The first-order valence-corrected chi connectivity index (χ1v) is 14.3. The largest absolute Gasteiger partial charge is 0.484 e. The molecular formula is C28H32FN11O3. The first-order valence-electron chi connectivity index (χ1n) is 14.3. The lowest BCUT2D eigenvalue weighted by Gasteiger charge is -2.36. The number of benzene rings is 1. The molecule has 14 nitrogen and oxygen atoms in total. The van der Waals surface area contributed by atoms with Crippen molar-refractivity contribution in [1.82, 2.24) is 44.5 Å². The van der Waals surface area contributed by atoms with Crippen molar-refractivity contribution in [2.24, 2.45) is 0 Å². The third kappa shape index (κ3) is 5.44. The Balaban J connectivity index is 0.945. The molecule has 3 N–H and O–H groups in total. The van der Waals surface area contributed by atoms with Crippen LogP contribution in [0.15, 0.2) is 47.2 Å². The summed E-state index contributed by atoms with van der Waals surface area (Å²) in [6.07, 6.45) is 3.30. The number of piperazine rings is 2. The standard InChI is InChI=1S/C28H32FN11O3/c29-21-16-19(43-18-24(41)38-7-5-31-6-8-38)3-4-22(21)37-12-9-36(10-13-37)11-14-39-26-20(17-32-39)27-33-25(23-2-1-15-42-23)35-40(27)28(30)34-26/h1-4,15-17,31H,5-14,18H2,(H2,30,34). The fourth-order valence-corrected chi connectivity index (χ4v) is 5.56. The molecule has 4 aromatic heterocycles. The number of halogens is 1.